The highest BCUT2D eigenvalue weighted by Crippen LogP contribution is 2.51. The number of carbonyl (C=O) groups is 1. The van der Waals surface area contributed by atoms with Crippen molar-refractivity contribution in [2.45, 2.75) is 61.3 Å². The van der Waals surface area contributed by atoms with Gasteiger partial charge >= 0.3 is 5.97 Å². The van der Waals surface area contributed by atoms with Crippen LogP contribution in [0.3, 0.4) is 0 Å². The number of nitrogens with zero attached hydrogens (tertiary/aromatic N) is 1. The van der Waals surface area contributed by atoms with Crippen LogP contribution in [0.5, 0.6) is 0 Å². The molecule has 0 bridgehead atoms. The van der Waals surface area contributed by atoms with Gasteiger partial charge in [-0.1, -0.05) is 73.2 Å². The molecule has 5 nitrogen and oxygen atoms in total. The first-order valence-electron chi connectivity index (χ1n) is 12.0. The maximum atomic E-state index is 14.2. The molecule has 1 aliphatic heterocycles. The second-order valence-electron chi connectivity index (χ2n) is 9.55. The van der Waals surface area contributed by atoms with Gasteiger partial charge in [-0.15, -0.1) is 6.58 Å². The molecule has 2 aromatic carbocycles. The van der Waals surface area contributed by atoms with E-state index in [1.807, 2.05) is 6.92 Å². The second kappa shape index (κ2) is 11.1. The average molecular weight is 534 g/mol. The lowest BCUT2D eigenvalue weighted by molar-refractivity contribution is -0.142. The molecule has 2 fully saturated rings. The van der Waals surface area contributed by atoms with Crippen LogP contribution in [0.1, 0.15) is 49.3 Å². The van der Waals surface area contributed by atoms with Gasteiger partial charge in [0.15, 0.2) is 0 Å². The number of aryl methyl sites for hydroxylation is 1. The van der Waals surface area contributed by atoms with Crippen molar-refractivity contribution in [3.63, 3.8) is 0 Å². The quantitative estimate of drug-likeness (QED) is 0.381. The van der Waals surface area contributed by atoms with E-state index in [9.17, 15) is 18.3 Å². The van der Waals surface area contributed by atoms with Gasteiger partial charge in [-0.3, -0.25) is 4.79 Å². The van der Waals surface area contributed by atoms with Gasteiger partial charge in [0.2, 0.25) is 10.0 Å². The predicted molar refractivity (Wildman–Crippen MR) is 142 cm³/mol. The number of aliphatic carboxylic acids is 1. The number of thioether (sulfide) groups is 1. The summed E-state index contributed by atoms with van der Waals surface area (Å²) in [4.78, 5) is 13.0. The number of rotatable bonds is 9. The van der Waals surface area contributed by atoms with Crippen molar-refractivity contribution in [3.8, 4) is 0 Å². The molecule has 4 rings (SSSR count). The molecule has 0 radical (unpaired) electrons. The molecule has 1 aliphatic carbocycles. The monoisotopic (exact) mass is 533 g/mol. The van der Waals surface area contributed by atoms with Gasteiger partial charge in [-0.05, 0) is 49.1 Å². The van der Waals surface area contributed by atoms with Crippen LogP contribution in [0.4, 0.5) is 0 Å². The average Bonchev–Trinajstić information content (AvgIpc) is 3.45. The molecule has 1 heterocycles. The number of hydrogen-bond acceptors (Lipinski definition) is 4. The Morgan fingerprint density at radius 3 is 2.34 bits per heavy atom. The Balaban J connectivity index is 1.89. The molecular weight excluding hydrogens is 502 g/mol. The molecule has 8 heteroatoms. The fourth-order valence-electron chi connectivity index (χ4n) is 5.60. The SMILES string of the molecule is C=CCS[C@H]1[C@@H](C(=O)O)[C@H](c2ccc(Cl)cc2)N(S(=O)(=O)c2ccc(C)cc2)[C@@H]1CC1CCCC1. The number of halogens is 1. The number of benzene rings is 2. The normalized spacial score (nSPS) is 25.7. The molecule has 4 atom stereocenters. The number of carboxylic acid groups (broad SMARTS) is 1. The van der Waals surface area contributed by atoms with Gasteiger partial charge in [0.25, 0.3) is 0 Å². The summed E-state index contributed by atoms with van der Waals surface area (Å²) in [5.74, 6) is -0.931. The van der Waals surface area contributed by atoms with Crippen LogP contribution in [0.15, 0.2) is 66.1 Å². The first kappa shape index (κ1) is 26.3. The minimum atomic E-state index is -3.98. The zero-order valence-corrected chi connectivity index (χ0v) is 22.2. The molecule has 0 spiro atoms. The van der Waals surface area contributed by atoms with E-state index in [1.54, 1.807) is 54.6 Å². The second-order valence-corrected chi connectivity index (χ2v) is 13.0. The van der Waals surface area contributed by atoms with E-state index < -0.39 is 39.2 Å². The van der Waals surface area contributed by atoms with E-state index in [0.717, 1.165) is 31.2 Å². The lowest BCUT2D eigenvalue weighted by atomic mass is 9.91. The molecule has 1 saturated carbocycles. The van der Waals surface area contributed by atoms with Crippen molar-refractivity contribution < 1.29 is 18.3 Å². The zero-order chi connectivity index (χ0) is 25.2. The van der Waals surface area contributed by atoms with Crippen molar-refractivity contribution >= 4 is 39.4 Å². The fourth-order valence-corrected chi connectivity index (χ4v) is 8.94. The minimum Gasteiger partial charge on any atom is -0.481 e. The Morgan fingerprint density at radius 2 is 1.77 bits per heavy atom. The highest BCUT2D eigenvalue weighted by Gasteiger charge is 2.57. The van der Waals surface area contributed by atoms with Crippen LogP contribution < -0.4 is 0 Å². The van der Waals surface area contributed by atoms with Gasteiger partial charge in [0.1, 0.15) is 0 Å². The Bertz CT molecular complexity index is 1140. The number of sulfonamides is 1. The smallest absolute Gasteiger partial charge is 0.309 e. The summed E-state index contributed by atoms with van der Waals surface area (Å²) in [6.07, 6.45) is 6.79. The Morgan fingerprint density at radius 1 is 1.14 bits per heavy atom. The van der Waals surface area contributed by atoms with Crippen molar-refractivity contribution in [1.29, 1.82) is 0 Å². The molecule has 0 amide bonds. The topological polar surface area (TPSA) is 74.7 Å². The molecule has 188 valence electrons. The van der Waals surface area contributed by atoms with Crippen LogP contribution in [0.25, 0.3) is 0 Å². The van der Waals surface area contributed by atoms with Crippen molar-refractivity contribution in [2.24, 2.45) is 11.8 Å². The first-order valence-corrected chi connectivity index (χ1v) is 14.9. The van der Waals surface area contributed by atoms with Gasteiger partial charge in [0, 0.05) is 22.1 Å². The predicted octanol–water partition coefficient (Wildman–Crippen LogP) is 6.33. The minimum absolute atomic E-state index is 0.192. The molecule has 1 N–H and O–H groups in total. The van der Waals surface area contributed by atoms with Gasteiger partial charge in [-0.2, -0.15) is 16.1 Å². The Hall–Kier alpha value is -1.80. The van der Waals surface area contributed by atoms with Gasteiger partial charge in [-0.25, -0.2) is 8.42 Å². The van der Waals surface area contributed by atoms with Crippen LogP contribution in [0.2, 0.25) is 5.02 Å². The van der Waals surface area contributed by atoms with Gasteiger partial charge < -0.3 is 5.11 Å². The summed E-state index contributed by atoms with van der Waals surface area (Å²) < 4.78 is 30.0. The zero-order valence-electron chi connectivity index (χ0n) is 19.8. The molecule has 35 heavy (non-hydrogen) atoms. The van der Waals surface area contributed by atoms with E-state index >= 15 is 0 Å². The Kier molecular flexibility index (Phi) is 8.31. The fraction of sp³-hybridized carbons (Fsp3) is 0.444. The summed E-state index contributed by atoms with van der Waals surface area (Å²) in [6, 6.07) is 12.5. The van der Waals surface area contributed by atoms with Crippen LogP contribution in [-0.4, -0.2) is 40.8 Å². The Labute approximate surface area is 217 Å². The summed E-state index contributed by atoms with van der Waals surface area (Å²) in [6.45, 7) is 5.73. The summed E-state index contributed by atoms with van der Waals surface area (Å²) in [5, 5.41) is 10.6. The van der Waals surface area contributed by atoms with Crippen LogP contribution in [0, 0.1) is 18.8 Å². The number of carboxylic acids is 1. The molecule has 2 aliphatic rings. The molecule has 1 saturated heterocycles. The maximum Gasteiger partial charge on any atom is 0.309 e. The van der Waals surface area contributed by atoms with Crippen molar-refractivity contribution in [3.05, 3.63) is 77.3 Å². The lowest BCUT2D eigenvalue weighted by Crippen LogP contribution is -2.41. The highest BCUT2D eigenvalue weighted by molar-refractivity contribution is 8.00. The van der Waals surface area contributed by atoms with Crippen molar-refractivity contribution in [1.82, 2.24) is 4.31 Å². The molecule has 0 aromatic heterocycles. The molecule has 0 unspecified atom stereocenters. The molecule has 2 aromatic rings. The van der Waals surface area contributed by atoms with E-state index in [4.69, 9.17) is 11.6 Å². The first-order chi connectivity index (χ1) is 16.7. The van der Waals surface area contributed by atoms with Gasteiger partial charge in [0.05, 0.1) is 16.9 Å². The van der Waals surface area contributed by atoms with E-state index in [-0.39, 0.29) is 4.90 Å². The maximum absolute atomic E-state index is 14.2. The molecular formula is C27H32ClNO4S2. The highest BCUT2D eigenvalue weighted by atomic mass is 35.5. The summed E-state index contributed by atoms with van der Waals surface area (Å²) in [7, 11) is -3.98. The standard InChI is InChI=1S/C27H32ClNO4S2/c1-3-16-34-26-23(17-19-6-4-5-7-19)29(35(32,33)22-14-8-18(2)9-15-22)25(24(26)27(30)31)20-10-12-21(28)13-11-20/h3,8-15,19,23-26H,1,4-7,16-17H2,2H3,(H,30,31)/t23-,24+,25+,26-/m1/s1. The van der Waals surface area contributed by atoms with E-state index in [0.29, 0.717) is 28.7 Å². The summed E-state index contributed by atoms with van der Waals surface area (Å²) >= 11 is 7.63. The lowest BCUT2D eigenvalue weighted by Gasteiger charge is -2.32. The van der Waals surface area contributed by atoms with Crippen LogP contribution in [-0.2, 0) is 14.8 Å². The third-order valence-corrected chi connectivity index (χ3v) is 10.8. The van der Waals surface area contributed by atoms with E-state index in [1.165, 1.54) is 16.1 Å². The largest absolute Gasteiger partial charge is 0.481 e. The van der Waals surface area contributed by atoms with E-state index in [2.05, 4.69) is 6.58 Å². The number of hydrogen-bond donors (Lipinski definition) is 1. The van der Waals surface area contributed by atoms with Crippen molar-refractivity contribution in [2.75, 3.05) is 5.75 Å². The van der Waals surface area contributed by atoms with Crippen LogP contribution >= 0.6 is 23.4 Å². The summed E-state index contributed by atoms with van der Waals surface area (Å²) in [5.41, 5.74) is 1.61. The third kappa shape index (κ3) is 5.48. The third-order valence-electron chi connectivity index (χ3n) is 7.22.